The molecule has 8 heteroatoms. The summed E-state index contributed by atoms with van der Waals surface area (Å²) in [5.74, 6) is -7.26. The quantitative estimate of drug-likeness (QED) is 0.741. The highest BCUT2D eigenvalue weighted by molar-refractivity contribution is 6.04. The predicted molar refractivity (Wildman–Crippen MR) is 64.0 cm³/mol. The van der Waals surface area contributed by atoms with Crippen molar-refractivity contribution in [2.75, 3.05) is 5.32 Å². The number of aromatic amines is 1. The number of aryl methyl sites for hydroxylation is 1. The number of benzene rings is 1. The van der Waals surface area contributed by atoms with Gasteiger partial charge in [-0.05, 0) is 19.9 Å². The SMILES string of the molecule is Cc1[nH]nc(NC(=O)c2cc(F)c(F)c(O)c2F)c1C. The molecule has 0 aliphatic carbocycles. The molecule has 0 aliphatic heterocycles. The van der Waals surface area contributed by atoms with Gasteiger partial charge in [-0.2, -0.15) is 9.49 Å². The van der Waals surface area contributed by atoms with Crippen molar-refractivity contribution in [3.63, 3.8) is 0 Å². The third-order valence-corrected chi connectivity index (χ3v) is 2.86. The summed E-state index contributed by atoms with van der Waals surface area (Å²) in [6.07, 6.45) is 0. The Morgan fingerprint density at radius 3 is 2.50 bits per heavy atom. The van der Waals surface area contributed by atoms with Crippen molar-refractivity contribution in [3.8, 4) is 5.75 Å². The number of carbonyl (C=O) groups excluding carboxylic acids is 1. The Hall–Kier alpha value is -2.51. The fraction of sp³-hybridized carbons (Fsp3) is 0.167. The van der Waals surface area contributed by atoms with Crippen molar-refractivity contribution in [3.05, 3.63) is 40.3 Å². The van der Waals surface area contributed by atoms with E-state index in [0.717, 1.165) is 0 Å². The van der Waals surface area contributed by atoms with Crippen LogP contribution in [0.2, 0.25) is 0 Å². The summed E-state index contributed by atoms with van der Waals surface area (Å²) in [5.41, 5.74) is 0.487. The molecule has 2 aromatic rings. The van der Waals surface area contributed by atoms with Crippen molar-refractivity contribution in [1.82, 2.24) is 10.2 Å². The van der Waals surface area contributed by atoms with Crippen molar-refractivity contribution < 1.29 is 23.1 Å². The van der Waals surface area contributed by atoms with Crippen LogP contribution in [0, 0.1) is 31.3 Å². The van der Waals surface area contributed by atoms with Crippen molar-refractivity contribution in [2.45, 2.75) is 13.8 Å². The van der Waals surface area contributed by atoms with E-state index in [1.54, 1.807) is 13.8 Å². The lowest BCUT2D eigenvalue weighted by molar-refractivity contribution is 0.102. The van der Waals surface area contributed by atoms with Crippen molar-refractivity contribution >= 4 is 11.7 Å². The molecule has 1 amide bonds. The maximum Gasteiger partial charge on any atom is 0.260 e. The van der Waals surface area contributed by atoms with Gasteiger partial charge in [0.05, 0.1) is 5.56 Å². The van der Waals surface area contributed by atoms with Crippen LogP contribution in [-0.4, -0.2) is 21.2 Å². The molecule has 0 atom stereocenters. The summed E-state index contributed by atoms with van der Waals surface area (Å²) >= 11 is 0. The molecule has 0 saturated carbocycles. The van der Waals surface area contributed by atoms with Gasteiger partial charge in [-0.15, -0.1) is 0 Å². The summed E-state index contributed by atoms with van der Waals surface area (Å²) in [7, 11) is 0. The molecule has 1 aromatic carbocycles. The minimum absolute atomic E-state index is 0.135. The second-order valence-corrected chi connectivity index (χ2v) is 4.16. The Labute approximate surface area is 111 Å². The molecule has 0 radical (unpaired) electrons. The Morgan fingerprint density at radius 1 is 1.30 bits per heavy atom. The molecule has 3 N–H and O–H groups in total. The van der Waals surface area contributed by atoms with Crippen LogP contribution in [-0.2, 0) is 0 Å². The summed E-state index contributed by atoms with van der Waals surface area (Å²) in [5, 5.41) is 17.7. The molecule has 5 nitrogen and oxygen atoms in total. The van der Waals surface area contributed by atoms with Gasteiger partial charge >= 0.3 is 0 Å². The minimum Gasteiger partial charge on any atom is -0.503 e. The molecular weight excluding hydrogens is 275 g/mol. The van der Waals surface area contributed by atoms with E-state index in [1.807, 2.05) is 0 Å². The van der Waals surface area contributed by atoms with Crippen LogP contribution < -0.4 is 5.32 Å². The normalized spacial score (nSPS) is 10.7. The van der Waals surface area contributed by atoms with Crippen LogP contribution in [0.15, 0.2) is 6.07 Å². The van der Waals surface area contributed by atoms with Gasteiger partial charge in [0.15, 0.2) is 23.2 Å². The molecule has 0 spiro atoms. The van der Waals surface area contributed by atoms with Crippen molar-refractivity contribution in [2.24, 2.45) is 0 Å². The zero-order valence-corrected chi connectivity index (χ0v) is 10.5. The van der Waals surface area contributed by atoms with Gasteiger partial charge in [0.25, 0.3) is 5.91 Å². The zero-order valence-electron chi connectivity index (χ0n) is 10.5. The van der Waals surface area contributed by atoms with Crippen LogP contribution in [0.25, 0.3) is 0 Å². The molecule has 0 bridgehead atoms. The molecule has 0 unspecified atom stereocenters. The standard InChI is InChI=1S/C12H10F3N3O2/c1-4-5(2)17-18-11(4)16-12(20)6-3-7(13)9(15)10(19)8(6)14/h3,19H,1-2H3,(H2,16,17,18,20). The first kappa shape index (κ1) is 13.9. The number of halogens is 3. The summed E-state index contributed by atoms with van der Waals surface area (Å²) in [6, 6.07) is 0.370. The first-order chi connectivity index (χ1) is 9.32. The molecule has 0 fully saturated rings. The van der Waals surface area contributed by atoms with E-state index < -0.39 is 34.7 Å². The largest absolute Gasteiger partial charge is 0.503 e. The Bertz CT molecular complexity index is 698. The zero-order chi connectivity index (χ0) is 15.0. The number of nitrogens with one attached hydrogen (secondary N) is 2. The summed E-state index contributed by atoms with van der Waals surface area (Å²) in [4.78, 5) is 11.8. The fourth-order valence-corrected chi connectivity index (χ4v) is 1.54. The van der Waals surface area contributed by atoms with E-state index in [2.05, 4.69) is 15.5 Å². The number of aromatic nitrogens is 2. The van der Waals surface area contributed by atoms with E-state index in [0.29, 0.717) is 17.3 Å². The number of amides is 1. The predicted octanol–water partition coefficient (Wildman–Crippen LogP) is 2.40. The third-order valence-electron chi connectivity index (χ3n) is 2.86. The lowest BCUT2D eigenvalue weighted by Gasteiger charge is -2.07. The van der Waals surface area contributed by atoms with Gasteiger partial charge in [-0.1, -0.05) is 0 Å². The fourth-order valence-electron chi connectivity index (χ4n) is 1.54. The van der Waals surface area contributed by atoms with Gasteiger partial charge in [0, 0.05) is 11.3 Å². The Balaban J connectivity index is 2.37. The summed E-state index contributed by atoms with van der Waals surface area (Å²) in [6.45, 7) is 3.37. The van der Waals surface area contributed by atoms with E-state index in [1.165, 1.54) is 0 Å². The smallest absolute Gasteiger partial charge is 0.260 e. The molecule has 1 aromatic heterocycles. The molecule has 0 saturated heterocycles. The number of H-pyrrole nitrogens is 1. The number of anilines is 1. The number of phenols is 1. The van der Waals surface area contributed by atoms with E-state index >= 15 is 0 Å². The van der Waals surface area contributed by atoms with Crippen LogP contribution in [0.5, 0.6) is 5.75 Å². The third kappa shape index (κ3) is 2.20. The minimum atomic E-state index is -1.74. The topological polar surface area (TPSA) is 78.0 Å². The number of phenolic OH excluding ortho intramolecular Hbond substituents is 1. The average Bonchev–Trinajstić information content (AvgIpc) is 2.72. The second-order valence-electron chi connectivity index (χ2n) is 4.16. The maximum atomic E-state index is 13.6. The van der Waals surface area contributed by atoms with Gasteiger partial charge < -0.3 is 10.4 Å². The number of hydrogen-bond acceptors (Lipinski definition) is 3. The highest BCUT2D eigenvalue weighted by Gasteiger charge is 2.23. The lowest BCUT2D eigenvalue weighted by atomic mass is 10.1. The van der Waals surface area contributed by atoms with Crippen LogP contribution in [0.4, 0.5) is 19.0 Å². The van der Waals surface area contributed by atoms with Crippen LogP contribution in [0.3, 0.4) is 0 Å². The van der Waals surface area contributed by atoms with Gasteiger partial charge in [0.2, 0.25) is 5.82 Å². The number of aromatic hydroxyl groups is 1. The van der Waals surface area contributed by atoms with Crippen LogP contribution in [0.1, 0.15) is 21.6 Å². The van der Waals surface area contributed by atoms with Gasteiger partial charge in [-0.3, -0.25) is 9.89 Å². The number of nitrogens with zero attached hydrogens (tertiary/aromatic N) is 1. The first-order valence-electron chi connectivity index (χ1n) is 5.52. The molecule has 106 valence electrons. The molecule has 20 heavy (non-hydrogen) atoms. The van der Waals surface area contributed by atoms with Crippen molar-refractivity contribution in [1.29, 1.82) is 0 Å². The van der Waals surface area contributed by atoms with E-state index in [-0.39, 0.29) is 5.82 Å². The highest BCUT2D eigenvalue weighted by atomic mass is 19.2. The Kier molecular flexibility index (Phi) is 3.39. The Morgan fingerprint density at radius 2 is 1.95 bits per heavy atom. The highest BCUT2D eigenvalue weighted by Crippen LogP contribution is 2.26. The molecular formula is C12H10F3N3O2. The summed E-state index contributed by atoms with van der Waals surface area (Å²) < 4.78 is 39.6. The number of hydrogen-bond donors (Lipinski definition) is 3. The number of carbonyl (C=O) groups is 1. The molecule has 1 heterocycles. The lowest BCUT2D eigenvalue weighted by Crippen LogP contribution is -2.15. The molecule has 0 aliphatic rings. The van der Waals surface area contributed by atoms with Gasteiger partial charge in [-0.25, -0.2) is 8.78 Å². The monoisotopic (exact) mass is 285 g/mol. The van der Waals surface area contributed by atoms with Crippen LogP contribution >= 0.6 is 0 Å². The second kappa shape index (κ2) is 4.87. The van der Waals surface area contributed by atoms with E-state index in [9.17, 15) is 18.0 Å². The van der Waals surface area contributed by atoms with Gasteiger partial charge in [0.1, 0.15) is 0 Å². The molecule has 2 rings (SSSR count). The number of rotatable bonds is 2. The maximum absolute atomic E-state index is 13.6. The average molecular weight is 285 g/mol. The first-order valence-corrected chi connectivity index (χ1v) is 5.52. The van der Waals surface area contributed by atoms with E-state index in [4.69, 9.17) is 5.11 Å².